The van der Waals surface area contributed by atoms with Gasteiger partial charge in [0.25, 0.3) is 5.69 Å². The molecule has 19 heavy (non-hydrogen) atoms. The van der Waals surface area contributed by atoms with Crippen LogP contribution < -0.4 is 10.5 Å². The normalized spacial score (nSPS) is 9.89. The van der Waals surface area contributed by atoms with Crippen molar-refractivity contribution in [1.29, 1.82) is 5.41 Å². The van der Waals surface area contributed by atoms with Crippen LogP contribution >= 0.6 is 0 Å². The standard InChI is InChI=1S/C12H10N4O3/c13-12(14)8-5-6-15-11(7-8)19-10-3-1-9(2-4-10)16(17)18/h1-7H,(H3,13,14). The van der Waals surface area contributed by atoms with E-state index in [1.54, 1.807) is 6.07 Å². The first kappa shape index (κ1) is 12.5. The molecular weight excluding hydrogens is 248 g/mol. The van der Waals surface area contributed by atoms with Gasteiger partial charge in [-0.15, -0.1) is 0 Å². The maximum atomic E-state index is 10.5. The number of rotatable bonds is 4. The highest BCUT2D eigenvalue weighted by Gasteiger charge is 2.06. The van der Waals surface area contributed by atoms with Crippen LogP contribution in [-0.2, 0) is 0 Å². The van der Waals surface area contributed by atoms with E-state index in [1.807, 2.05) is 0 Å². The summed E-state index contributed by atoms with van der Waals surface area (Å²) in [4.78, 5) is 14.0. The van der Waals surface area contributed by atoms with Crippen molar-refractivity contribution in [3.8, 4) is 11.6 Å². The van der Waals surface area contributed by atoms with Crippen LogP contribution in [0.4, 0.5) is 5.69 Å². The molecule has 2 rings (SSSR count). The highest BCUT2D eigenvalue weighted by molar-refractivity contribution is 5.95. The Balaban J connectivity index is 2.19. The molecule has 0 saturated heterocycles. The summed E-state index contributed by atoms with van der Waals surface area (Å²) >= 11 is 0. The van der Waals surface area contributed by atoms with E-state index in [2.05, 4.69) is 4.98 Å². The molecule has 7 nitrogen and oxygen atoms in total. The number of hydrogen-bond acceptors (Lipinski definition) is 5. The Morgan fingerprint density at radius 3 is 2.58 bits per heavy atom. The topological polar surface area (TPSA) is 115 Å². The average molecular weight is 258 g/mol. The Morgan fingerprint density at radius 1 is 1.32 bits per heavy atom. The Labute approximate surface area is 108 Å². The molecule has 0 saturated carbocycles. The summed E-state index contributed by atoms with van der Waals surface area (Å²) in [5.41, 5.74) is 5.83. The molecule has 96 valence electrons. The molecule has 0 bridgehead atoms. The van der Waals surface area contributed by atoms with Crippen molar-refractivity contribution in [2.24, 2.45) is 5.73 Å². The second-order valence-corrected chi connectivity index (χ2v) is 3.65. The number of hydrogen-bond donors (Lipinski definition) is 2. The van der Waals surface area contributed by atoms with Crippen LogP contribution in [0.2, 0.25) is 0 Å². The van der Waals surface area contributed by atoms with Crippen LogP contribution in [0.5, 0.6) is 11.6 Å². The Morgan fingerprint density at radius 2 is 2.00 bits per heavy atom. The molecular formula is C12H10N4O3. The SMILES string of the molecule is N=C(N)c1ccnc(Oc2ccc([N+](=O)[O-])cc2)c1. The van der Waals surface area contributed by atoms with Gasteiger partial charge in [0.2, 0.25) is 5.88 Å². The van der Waals surface area contributed by atoms with Gasteiger partial charge in [-0.1, -0.05) is 0 Å². The molecule has 0 radical (unpaired) electrons. The molecule has 2 aromatic rings. The largest absolute Gasteiger partial charge is 0.439 e. The summed E-state index contributed by atoms with van der Waals surface area (Å²) in [7, 11) is 0. The molecule has 1 heterocycles. The maximum Gasteiger partial charge on any atom is 0.269 e. The maximum absolute atomic E-state index is 10.5. The number of nitrogens with one attached hydrogen (secondary N) is 1. The van der Waals surface area contributed by atoms with Crippen molar-refractivity contribution in [2.45, 2.75) is 0 Å². The number of nitrogens with two attached hydrogens (primary N) is 1. The summed E-state index contributed by atoms with van der Waals surface area (Å²) in [6, 6.07) is 8.73. The quantitative estimate of drug-likeness (QED) is 0.377. The third kappa shape index (κ3) is 3.03. The molecule has 0 spiro atoms. The number of benzene rings is 1. The van der Waals surface area contributed by atoms with Gasteiger partial charge >= 0.3 is 0 Å². The lowest BCUT2D eigenvalue weighted by atomic mass is 10.2. The first-order valence-electron chi connectivity index (χ1n) is 5.29. The minimum atomic E-state index is -0.488. The van der Waals surface area contributed by atoms with E-state index in [-0.39, 0.29) is 17.4 Å². The molecule has 0 unspecified atom stereocenters. The monoisotopic (exact) mass is 258 g/mol. The summed E-state index contributed by atoms with van der Waals surface area (Å²) in [6.45, 7) is 0. The first-order valence-corrected chi connectivity index (χ1v) is 5.29. The van der Waals surface area contributed by atoms with E-state index in [1.165, 1.54) is 36.5 Å². The second kappa shape index (κ2) is 5.13. The van der Waals surface area contributed by atoms with E-state index in [0.717, 1.165) is 0 Å². The van der Waals surface area contributed by atoms with Gasteiger partial charge in [-0.25, -0.2) is 4.98 Å². The van der Waals surface area contributed by atoms with E-state index in [4.69, 9.17) is 15.9 Å². The van der Waals surface area contributed by atoms with Gasteiger partial charge in [-0.2, -0.15) is 0 Å². The summed E-state index contributed by atoms with van der Waals surface area (Å²) in [6.07, 6.45) is 1.47. The summed E-state index contributed by atoms with van der Waals surface area (Å²) in [5, 5.41) is 17.8. The van der Waals surface area contributed by atoms with Crippen molar-refractivity contribution in [3.05, 3.63) is 58.3 Å². The zero-order valence-corrected chi connectivity index (χ0v) is 9.74. The predicted molar refractivity (Wildman–Crippen MR) is 68.4 cm³/mol. The lowest BCUT2D eigenvalue weighted by Gasteiger charge is -2.05. The number of ether oxygens (including phenoxy) is 1. The smallest absolute Gasteiger partial charge is 0.269 e. The lowest BCUT2D eigenvalue weighted by molar-refractivity contribution is -0.384. The number of nitrogens with zero attached hydrogens (tertiary/aromatic N) is 2. The van der Waals surface area contributed by atoms with Gasteiger partial charge in [0.15, 0.2) is 0 Å². The van der Waals surface area contributed by atoms with E-state index < -0.39 is 4.92 Å². The number of aromatic nitrogens is 1. The molecule has 7 heteroatoms. The van der Waals surface area contributed by atoms with Crippen molar-refractivity contribution in [2.75, 3.05) is 0 Å². The van der Waals surface area contributed by atoms with Crippen LogP contribution in [0.25, 0.3) is 0 Å². The molecule has 0 aliphatic heterocycles. The zero-order chi connectivity index (χ0) is 13.8. The summed E-state index contributed by atoms with van der Waals surface area (Å²) < 4.78 is 5.42. The highest BCUT2D eigenvalue weighted by Crippen LogP contribution is 2.22. The van der Waals surface area contributed by atoms with Gasteiger partial charge in [0.1, 0.15) is 11.6 Å². The van der Waals surface area contributed by atoms with Gasteiger partial charge in [-0.05, 0) is 18.2 Å². The fraction of sp³-hybridized carbons (Fsp3) is 0. The number of non-ortho nitro benzene ring substituents is 1. The fourth-order valence-electron chi connectivity index (χ4n) is 1.39. The molecule has 3 N–H and O–H groups in total. The van der Waals surface area contributed by atoms with E-state index in [9.17, 15) is 10.1 Å². The Bertz CT molecular complexity index is 625. The number of pyridine rings is 1. The molecule has 1 aromatic carbocycles. The van der Waals surface area contributed by atoms with Crippen LogP contribution in [-0.4, -0.2) is 15.7 Å². The number of nitrogen functional groups attached to an aromatic ring is 1. The lowest BCUT2D eigenvalue weighted by Crippen LogP contribution is -2.11. The van der Waals surface area contributed by atoms with Crippen molar-refractivity contribution in [3.63, 3.8) is 0 Å². The van der Waals surface area contributed by atoms with Crippen molar-refractivity contribution < 1.29 is 9.66 Å². The molecule has 0 amide bonds. The fourth-order valence-corrected chi connectivity index (χ4v) is 1.39. The van der Waals surface area contributed by atoms with Crippen LogP contribution in [0.1, 0.15) is 5.56 Å². The van der Waals surface area contributed by atoms with Crippen LogP contribution in [0, 0.1) is 15.5 Å². The zero-order valence-electron chi connectivity index (χ0n) is 9.74. The third-order valence-corrected chi connectivity index (χ3v) is 2.32. The van der Waals surface area contributed by atoms with Gasteiger partial charge in [0, 0.05) is 30.0 Å². The number of amidine groups is 1. The molecule has 0 aliphatic rings. The third-order valence-electron chi connectivity index (χ3n) is 2.32. The van der Waals surface area contributed by atoms with Crippen molar-refractivity contribution >= 4 is 11.5 Å². The van der Waals surface area contributed by atoms with Gasteiger partial charge in [0.05, 0.1) is 4.92 Å². The Kier molecular flexibility index (Phi) is 3.37. The molecule has 0 aliphatic carbocycles. The number of nitro benzene ring substituents is 1. The first-order chi connectivity index (χ1) is 9.06. The van der Waals surface area contributed by atoms with Gasteiger partial charge in [-0.3, -0.25) is 15.5 Å². The van der Waals surface area contributed by atoms with Crippen LogP contribution in [0.15, 0.2) is 42.6 Å². The average Bonchev–Trinajstić information content (AvgIpc) is 2.39. The second-order valence-electron chi connectivity index (χ2n) is 3.65. The number of nitro groups is 1. The molecule has 1 aromatic heterocycles. The van der Waals surface area contributed by atoms with Crippen LogP contribution in [0.3, 0.4) is 0 Å². The highest BCUT2D eigenvalue weighted by atomic mass is 16.6. The predicted octanol–water partition coefficient (Wildman–Crippen LogP) is 2.07. The van der Waals surface area contributed by atoms with E-state index in [0.29, 0.717) is 11.3 Å². The molecule has 0 atom stereocenters. The Hall–Kier alpha value is -2.96. The summed E-state index contributed by atoms with van der Waals surface area (Å²) in [5.74, 6) is 0.594. The van der Waals surface area contributed by atoms with E-state index >= 15 is 0 Å². The minimum Gasteiger partial charge on any atom is -0.439 e. The minimum absolute atomic E-state index is 0.0159. The van der Waals surface area contributed by atoms with Gasteiger partial charge < -0.3 is 10.5 Å². The van der Waals surface area contributed by atoms with Crippen molar-refractivity contribution in [1.82, 2.24) is 4.98 Å². The molecule has 0 fully saturated rings.